The van der Waals surface area contributed by atoms with E-state index in [9.17, 15) is 4.79 Å². The van der Waals surface area contributed by atoms with Crippen molar-refractivity contribution >= 4 is 16.9 Å². The minimum absolute atomic E-state index is 0.113. The molecule has 0 radical (unpaired) electrons. The van der Waals surface area contributed by atoms with E-state index in [1.807, 2.05) is 25.1 Å². The number of carbonyl (C=O) groups is 1. The summed E-state index contributed by atoms with van der Waals surface area (Å²) in [6.07, 6.45) is 3.66. The van der Waals surface area contributed by atoms with Crippen LogP contribution >= 0.6 is 0 Å². The van der Waals surface area contributed by atoms with E-state index in [-0.39, 0.29) is 30.8 Å². The van der Waals surface area contributed by atoms with Gasteiger partial charge in [0.15, 0.2) is 5.69 Å². The predicted molar refractivity (Wildman–Crippen MR) is 136 cm³/mol. The summed E-state index contributed by atoms with van der Waals surface area (Å²) in [5, 5.41) is 20.8. The number of aryl methyl sites for hydroxylation is 1. The molecule has 2 N–H and O–H groups in total. The molecule has 36 heavy (non-hydrogen) atoms. The van der Waals surface area contributed by atoms with Crippen LogP contribution < -0.4 is 10.1 Å². The summed E-state index contributed by atoms with van der Waals surface area (Å²) in [5.74, 6) is 1.40. The van der Waals surface area contributed by atoms with Gasteiger partial charge in [-0.1, -0.05) is 35.5 Å². The zero-order valence-corrected chi connectivity index (χ0v) is 20.6. The maximum Gasteiger partial charge on any atom is 0.273 e. The Labute approximate surface area is 209 Å². The zero-order valence-electron chi connectivity index (χ0n) is 20.6. The molecule has 5 rings (SSSR count). The summed E-state index contributed by atoms with van der Waals surface area (Å²) >= 11 is 0. The number of carbonyl (C=O) groups excluding carboxylic acids is 1. The van der Waals surface area contributed by atoms with Gasteiger partial charge >= 0.3 is 0 Å². The number of fused-ring (bicyclic) bond motifs is 1. The topological polar surface area (TPSA) is 106 Å². The fourth-order valence-electron chi connectivity index (χ4n) is 5.02. The Kier molecular flexibility index (Phi) is 7.02. The van der Waals surface area contributed by atoms with Gasteiger partial charge in [0.2, 0.25) is 0 Å². The number of aliphatic hydroxyl groups is 1. The summed E-state index contributed by atoms with van der Waals surface area (Å²) in [6.45, 7) is 4.54. The Morgan fingerprint density at radius 3 is 2.89 bits per heavy atom. The van der Waals surface area contributed by atoms with E-state index in [4.69, 9.17) is 14.3 Å². The Morgan fingerprint density at radius 2 is 2.11 bits per heavy atom. The number of benzene rings is 2. The van der Waals surface area contributed by atoms with E-state index in [2.05, 4.69) is 44.8 Å². The first-order valence-corrected chi connectivity index (χ1v) is 12.3. The number of aromatic nitrogens is 3. The number of aliphatic hydroxyl groups excluding tert-OH is 1. The highest BCUT2D eigenvalue weighted by molar-refractivity contribution is 5.97. The zero-order chi connectivity index (χ0) is 25.1. The minimum Gasteiger partial charge on any atom is -0.496 e. The summed E-state index contributed by atoms with van der Waals surface area (Å²) in [6, 6.07) is 14.6. The van der Waals surface area contributed by atoms with E-state index in [0.717, 1.165) is 65.1 Å². The average molecular weight is 490 g/mol. The molecule has 1 aliphatic rings. The van der Waals surface area contributed by atoms with Crippen molar-refractivity contribution in [2.24, 2.45) is 0 Å². The second-order valence-corrected chi connectivity index (χ2v) is 9.15. The van der Waals surface area contributed by atoms with Crippen LogP contribution in [0.5, 0.6) is 5.75 Å². The van der Waals surface area contributed by atoms with Crippen molar-refractivity contribution in [2.45, 2.75) is 32.4 Å². The lowest BCUT2D eigenvalue weighted by Gasteiger charge is -2.32. The monoisotopic (exact) mass is 489 g/mol. The molecule has 1 amide bonds. The minimum atomic E-state index is -0.329. The van der Waals surface area contributed by atoms with E-state index >= 15 is 0 Å². The van der Waals surface area contributed by atoms with Gasteiger partial charge in [-0.15, -0.1) is 5.10 Å². The van der Waals surface area contributed by atoms with Crippen LogP contribution in [0.3, 0.4) is 0 Å². The highest BCUT2D eigenvalue weighted by Crippen LogP contribution is 2.38. The predicted octanol–water partition coefficient (Wildman–Crippen LogP) is 3.57. The molecule has 0 aliphatic carbocycles. The van der Waals surface area contributed by atoms with Crippen molar-refractivity contribution in [1.29, 1.82) is 0 Å². The summed E-state index contributed by atoms with van der Waals surface area (Å²) in [7, 11) is 1.71. The maximum absolute atomic E-state index is 12.1. The van der Waals surface area contributed by atoms with E-state index in [1.54, 1.807) is 18.0 Å². The van der Waals surface area contributed by atoms with Crippen molar-refractivity contribution in [1.82, 2.24) is 25.2 Å². The molecule has 4 aromatic rings. The first kappa shape index (κ1) is 24.0. The van der Waals surface area contributed by atoms with Gasteiger partial charge in [0.25, 0.3) is 5.91 Å². The standard InChI is InChI=1S/C27H31N5O4/c1-18-26(19-7-4-3-5-8-19)22-14-24(35-2)20(13-25(22)36-18)15-31-11-6-9-21(16-31)32-17-23(29-30-32)27(34)28-10-12-33/h3-5,7-8,13-14,17,21,33H,6,9-12,15-16H2,1-2H3,(H,28,34)/t21-/m0/s1. The third-order valence-corrected chi connectivity index (χ3v) is 6.72. The largest absolute Gasteiger partial charge is 0.496 e. The quantitative estimate of drug-likeness (QED) is 0.390. The van der Waals surface area contributed by atoms with E-state index in [1.165, 1.54) is 0 Å². The highest BCUT2D eigenvalue weighted by Gasteiger charge is 2.25. The van der Waals surface area contributed by atoms with Crippen LogP contribution in [0.1, 0.15) is 40.7 Å². The SMILES string of the molecule is COc1cc2c(-c3ccccc3)c(C)oc2cc1CN1CCC[C@H](n2cc(C(=O)NCCO)nn2)C1. The van der Waals surface area contributed by atoms with Crippen LogP contribution in [-0.2, 0) is 6.54 Å². The fourth-order valence-corrected chi connectivity index (χ4v) is 5.02. The van der Waals surface area contributed by atoms with Crippen LogP contribution in [0.15, 0.2) is 53.1 Å². The van der Waals surface area contributed by atoms with Gasteiger partial charge in [-0.3, -0.25) is 9.69 Å². The smallest absolute Gasteiger partial charge is 0.273 e. The molecule has 9 nitrogen and oxygen atoms in total. The maximum atomic E-state index is 12.1. The molecule has 0 saturated carbocycles. The lowest BCUT2D eigenvalue weighted by molar-refractivity contribution is 0.0939. The van der Waals surface area contributed by atoms with Gasteiger partial charge in [-0.2, -0.15) is 0 Å². The number of amides is 1. The van der Waals surface area contributed by atoms with Gasteiger partial charge in [-0.25, -0.2) is 4.68 Å². The number of nitrogens with zero attached hydrogens (tertiary/aromatic N) is 4. The molecule has 0 spiro atoms. The summed E-state index contributed by atoms with van der Waals surface area (Å²) in [4.78, 5) is 14.5. The average Bonchev–Trinajstić information content (AvgIpc) is 3.52. The first-order valence-electron chi connectivity index (χ1n) is 12.3. The highest BCUT2D eigenvalue weighted by atomic mass is 16.5. The third kappa shape index (κ3) is 4.84. The van der Waals surface area contributed by atoms with Crippen LogP contribution in [0.25, 0.3) is 22.1 Å². The molecule has 1 fully saturated rings. The van der Waals surface area contributed by atoms with Crippen LogP contribution in [0.2, 0.25) is 0 Å². The van der Waals surface area contributed by atoms with Gasteiger partial charge in [-0.05, 0) is 44.0 Å². The second-order valence-electron chi connectivity index (χ2n) is 9.15. The van der Waals surface area contributed by atoms with Crippen molar-refractivity contribution in [3.8, 4) is 16.9 Å². The molecule has 2 aromatic carbocycles. The fraction of sp³-hybridized carbons (Fsp3) is 0.370. The number of methoxy groups -OCH3 is 1. The van der Waals surface area contributed by atoms with Crippen LogP contribution in [0, 0.1) is 6.92 Å². The van der Waals surface area contributed by atoms with Gasteiger partial charge in [0.05, 0.1) is 26.0 Å². The van der Waals surface area contributed by atoms with Gasteiger partial charge in [0, 0.05) is 36.1 Å². The first-order chi connectivity index (χ1) is 17.6. The Morgan fingerprint density at radius 1 is 1.28 bits per heavy atom. The molecule has 188 valence electrons. The molecule has 3 heterocycles. The molecule has 1 aliphatic heterocycles. The summed E-state index contributed by atoms with van der Waals surface area (Å²) in [5.41, 5.74) is 4.40. The number of rotatable bonds is 8. The second kappa shape index (κ2) is 10.5. The lowest BCUT2D eigenvalue weighted by Crippen LogP contribution is -2.36. The van der Waals surface area contributed by atoms with Crippen molar-refractivity contribution in [2.75, 3.05) is 33.4 Å². The molecular weight excluding hydrogens is 458 g/mol. The van der Waals surface area contributed by atoms with Crippen molar-refractivity contribution in [3.05, 3.63) is 65.7 Å². The summed E-state index contributed by atoms with van der Waals surface area (Å²) < 4.78 is 13.8. The molecule has 1 saturated heterocycles. The van der Waals surface area contributed by atoms with Gasteiger partial charge in [0.1, 0.15) is 17.1 Å². The number of furan rings is 1. The number of hydrogen-bond donors (Lipinski definition) is 2. The van der Waals surface area contributed by atoms with Gasteiger partial charge < -0.3 is 19.6 Å². The van der Waals surface area contributed by atoms with Crippen molar-refractivity contribution < 1.29 is 19.1 Å². The van der Waals surface area contributed by atoms with E-state index < -0.39 is 0 Å². The Bertz CT molecular complexity index is 1350. The van der Waals surface area contributed by atoms with Crippen LogP contribution in [-0.4, -0.2) is 64.3 Å². The van der Waals surface area contributed by atoms with Crippen molar-refractivity contribution in [3.63, 3.8) is 0 Å². The lowest BCUT2D eigenvalue weighted by atomic mass is 10.00. The molecule has 0 unspecified atom stereocenters. The molecule has 9 heteroatoms. The number of hydrogen-bond acceptors (Lipinski definition) is 7. The van der Waals surface area contributed by atoms with Crippen LogP contribution in [0.4, 0.5) is 0 Å². The number of likely N-dealkylation sites (tertiary alicyclic amines) is 1. The third-order valence-electron chi connectivity index (χ3n) is 6.72. The number of piperidine rings is 1. The number of ether oxygens (including phenoxy) is 1. The molecular formula is C27H31N5O4. The molecule has 2 aromatic heterocycles. The normalized spacial score (nSPS) is 16.4. The Balaban J connectivity index is 1.35. The molecule has 0 bridgehead atoms. The number of nitrogens with one attached hydrogen (secondary N) is 1. The Hall–Kier alpha value is -3.69. The van der Waals surface area contributed by atoms with E-state index in [0.29, 0.717) is 6.54 Å². The molecule has 1 atom stereocenters.